The molecule has 0 fully saturated rings. The molecule has 2 rings (SSSR count). The monoisotopic (exact) mass is 772 g/mol. The number of benzene rings is 2. The van der Waals surface area contributed by atoms with Crippen LogP contribution in [0.3, 0.4) is 0 Å². The van der Waals surface area contributed by atoms with Crippen LogP contribution in [0.4, 0.5) is 67.6 Å². The molecule has 0 aromatic heterocycles. The van der Waals surface area contributed by atoms with Crippen molar-refractivity contribution in [3.63, 3.8) is 0 Å². The summed E-state index contributed by atoms with van der Waals surface area (Å²) in [6.07, 6.45) is -8.93. The number of rotatable bonds is 16. The fourth-order valence-corrected chi connectivity index (χ4v) is 4.26. The average molecular weight is 773 g/mol. The standard InChI is InChI=1S/C27H23Cl2F13N2O5/c1-2-48-19(20(45)46)11-14-3-6-16(7-4-14)49-10-9-44(21(47)43-18-8-5-15(28)12-17(18)29)13-22(30,31)23(32,33)24(34,35)25(36,37)26(38,39)27(40,41)42/h3-8,12,19H,2,9-11,13H2,1H3,(H,43,47)(H,45,46). The Hall–Kier alpha value is -3.39. The van der Waals surface area contributed by atoms with Crippen LogP contribution in [0.1, 0.15) is 12.5 Å². The summed E-state index contributed by atoms with van der Waals surface area (Å²) < 4.78 is 188. The first-order valence-corrected chi connectivity index (χ1v) is 14.0. The SMILES string of the molecule is CCOC(Cc1ccc(OCCN(CC(F)(F)C(F)(F)C(F)(F)C(F)(F)C(F)(F)C(F)(F)F)C(=O)Nc2ccc(Cl)cc2Cl)cc1)C(=O)O. The van der Waals surface area contributed by atoms with Crippen LogP contribution in [0.25, 0.3) is 0 Å². The Kier molecular flexibility index (Phi) is 13.0. The molecule has 2 aromatic carbocycles. The summed E-state index contributed by atoms with van der Waals surface area (Å²) >= 11 is 11.5. The van der Waals surface area contributed by atoms with E-state index in [1.165, 1.54) is 24.3 Å². The van der Waals surface area contributed by atoms with Gasteiger partial charge in [0, 0.05) is 18.1 Å². The molecule has 2 amide bonds. The first-order valence-electron chi connectivity index (χ1n) is 13.3. The third-order valence-electron chi connectivity index (χ3n) is 6.47. The van der Waals surface area contributed by atoms with Gasteiger partial charge in [-0.05, 0) is 42.8 Å². The van der Waals surface area contributed by atoms with Crippen molar-refractivity contribution >= 4 is 40.9 Å². The van der Waals surface area contributed by atoms with Gasteiger partial charge in [0.25, 0.3) is 0 Å². The predicted molar refractivity (Wildman–Crippen MR) is 147 cm³/mol. The van der Waals surface area contributed by atoms with Crippen LogP contribution < -0.4 is 10.1 Å². The van der Waals surface area contributed by atoms with E-state index in [0.717, 1.165) is 18.2 Å². The minimum absolute atomic E-state index is 0.0272. The number of halogens is 15. The Labute approximate surface area is 277 Å². The number of carbonyl (C=O) groups excluding carboxylic acids is 1. The Balaban J connectivity index is 2.37. The van der Waals surface area contributed by atoms with E-state index in [1.54, 1.807) is 6.92 Å². The smallest absolute Gasteiger partial charge is 0.460 e. The number of nitrogens with zero attached hydrogens (tertiary/aromatic N) is 1. The molecule has 0 bridgehead atoms. The van der Waals surface area contributed by atoms with E-state index in [9.17, 15) is 71.8 Å². The number of carboxylic acid groups (broad SMARTS) is 1. The Morgan fingerprint density at radius 3 is 1.88 bits per heavy atom. The first-order chi connectivity index (χ1) is 22.2. The topological polar surface area (TPSA) is 88.1 Å². The third-order valence-corrected chi connectivity index (χ3v) is 7.01. The molecule has 0 heterocycles. The third kappa shape index (κ3) is 9.05. The van der Waals surface area contributed by atoms with Crippen LogP contribution in [-0.4, -0.2) is 90.2 Å². The van der Waals surface area contributed by atoms with Gasteiger partial charge in [-0.25, -0.2) is 9.59 Å². The highest BCUT2D eigenvalue weighted by molar-refractivity contribution is 6.36. The van der Waals surface area contributed by atoms with Gasteiger partial charge >= 0.3 is 47.8 Å². The molecular weight excluding hydrogens is 750 g/mol. The maximum Gasteiger partial charge on any atom is 0.460 e. The normalized spacial score (nSPS) is 14.0. The highest BCUT2D eigenvalue weighted by Crippen LogP contribution is 2.60. The summed E-state index contributed by atoms with van der Waals surface area (Å²) in [5.74, 6) is -39.7. The molecule has 0 aliphatic carbocycles. The van der Waals surface area contributed by atoms with E-state index in [-0.39, 0.29) is 28.8 Å². The lowest BCUT2D eigenvalue weighted by Gasteiger charge is -2.40. The van der Waals surface area contributed by atoms with E-state index in [0.29, 0.717) is 5.56 Å². The molecule has 276 valence electrons. The molecule has 0 spiro atoms. The summed E-state index contributed by atoms with van der Waals surface area (Å²) in [6, 6.07) is 6.23. The van der Waals surface area contributed by atoms with Crippen LogP contribution in [-0.2, 0) is 16.0 Å². The van der Waals surface area contributed by atoms with Crippen molar-refractivity contribution in [2.45, 2.75) is 55.2 Å². The summed E-state index contributed by atoms with van der Waals surface area (Å²) in [6.45, 7) is -3.53. The molecule has 0 aliphatic rings. The van der Waals surface area contributed by atoms with Crippen molar-refractivity contribution in [1.82, 2.24) is 4.90 Å². The summed E-state index contributed by atoms with van der Waals surface area (Å²) in [5.41, 5.74) is -0.0502. The molecule has 2 N–H and O–H groups in total. The second kappa shape index (κ2) is 15.2. The lowest BCUT2D eigenvalue weighted by molar-refractivity contribution is -0.439. The predicted octanol–water partition coefficient (Wildman–Crippen LogP) is 8.68. The van der Waals surface area contributed by atoms with Gasteiger partial charge in [-0.3, -0.25) is 0 Å². The number of aliphatic carboxylic acids is 1. The van der Waals surface area contributed by atoms with Crippen LogP contribution in [0, 0.1) is 0 Å². The zero-order valence-electron chi connectivity index (χ0n) is 24.4. The van der Waals surface area contributed by atoms with E-state index in [4.69, 9.17) is 32.7 Å². The number of ether oxygens (including phenoxy) is 2. The molecular formula is C27H23Cl2F13N2O5. The average Bonchev–Trinajstić information content (AvgIpc) is 2.97. The number of hydrogen-bond acceptors (Lipinski definition) is 4. The quantitative estimate of drug-likeness (QED) is 0.167. The van der Waals surface area contributed by atoms with Gasteiger partial charge in [0.2, 0.25) is 0 Å². The van der Waals surface area contributed by atoms with Crippen LogP contribution in [0.5, 0.6) is 5.75 Å². The zero-order valence-corrected chi connectivity index (χ0v) is 25.9. The summed E-state index contributed by atoms with van der Waals surface area (Å²) in [7, 11) is 0. The van der Waals surface area contributed by atoms with E-state index in [1.807, 2.05) is 5.32 Å². The number of anilines is 1. The van der Waals surface area contributed by atoms with Gasteiger partial charge in [0.1, 0.15) is 12.4 Å². The minimum atomic E-state index is -8.11. The van der Waals surface area contributed by atoms with Crippen molar-refractivity contribution in [2.24, 2.45) is 0 Å². The highest BCUT2D eigenvalue weighted by Gasteiger charge is 2.90. The van der Waals surface area contributed by atoms with Gasteiger partial charge < -0.3 is 24.8 Å². The minimum Gasteiger partial charge on any atom is -0.492 e. The van der Waals surface area contributed by atoms with Crippen molar-refractivity contribution in [1.29, 1.82) is 0 Å². The second-order valence-corrected chi connectivity index (χ2v) is 10.8. The lowest BCUT2D eigenvalue weighted by atomic mass is 9.93. The number of nitrogens with one attached hydrogen (secondary N) is 1. The fraction of sp³-hybridized carbons (Fsp3) is 0.481. The number of hydrogen-bond donors (Lipinski definition) is 2. The Morgan fingerprint density at radius 1 is 0.837 bits per heavy atom. The summed E-state index contributed by atoms with van der Waals surface area (Å²) in [4.78, 5) is 23.7. The molecule has 22 heteroatoms. The van der Waals surface area contributed by atoms with Gasteiger partial charge in [-0.1, -0.05) is 35.3 Å². The summed E-state index contributed by atoms with van der Waals surface area (Å²) in [5, 5.41) is 10.6. The largest absolute Gasteiger partial charge is 0.492 e. The highest BCUT2D eigenvalue weighted by atomic mass is 35.5. The molecule has 0 saturated heterocycles. The Morgan fingerprint density at radius 2 is 1.39 bits per heavy atom. The number of carbonyl (C=O) groups is 2. The maximum absolute atomic E-state index is 14.8. The van der Waals surface area contributed by atoms with Gasteiger partial charge in [-0.15, -0.1) is 0 Å². The number of urea groups is 1. The van der Waals surface area contributed by atoms with Gasteiger partial charge in [0.15, 0.2) is 6.10 Å². The lowest BCUT2D eigenvalue weighted by Crippen LogP contribution is -2.71. The molecule has 1 atom stereocenters. The van der Waals surface area contributed by atoms with E-state index >= 15 is 0 Å². The van der Waals surface area contributed by atoms with Crippen molar-refractivity contribution in [2.75, 3.05) is 31.6 Å². The van der Waals surface area contributed by atoms with Crippen LogP contribution in [0.2, 0.25) is 10.0 Å². The molecule has 7 nitrogen and oxygen atoms in total. The van der Waals surface area contributed by atoms with Crippen molar-refractivity contribution in [3.05, 3.63) is 58.1 Å². The zero-order chi connectivity index (χ0) is 37.8. The van der Waals surface area contributed by atoms with E-state index in [2.05, 4.69) is 0 Å². The molecule has 2 aromatic rings. The number of alkyl halides is 13. The second-order valence-electron chi connectivity index (χ2n) is 9.95. The molecule has 0 radical (unpaired) electrons. The van der Waals surface area contributed by atoms with Gasteiger partial charge in [-0.2, -0.15) is 57.1 Å². The van der Waals surface area contributed by atoms with Crippen molar-refractivity contribution in [3.8, 4) is 5.75 Å². The Bertz CT molecular complexity index is 1460. The fourth-order valence-electron chi connectivity index (χ4n) is 3.81. The van der Waals surface area contributed by atoms with Crippen molar-refractivity contribution < 1.29 is 81.2 Å². The van der Waals surface area contributed by atoms with Gasteiger partial charge in [0.05, 0.1) is 23.8 Å². The molecule has 49 heavy (non-hydrogen) atoms. The number of carboxylic acids is 1. The first kappa shape index (κ1) is 41.8. The number of amides is 2. The van der Waals surface area contributed by atoms with E-state index < -0.39 is 84.2 Å². The molecule has 1 unspecified atom stereocenters. The van der Waals surface area contributed by atoms with Crippen LogP contribution >= 0.6 is 23.2 Å². The maximum atomic E-state index is 14.8. The van der Waals surface area contributed by atoms with Crippen LogP contribution in [0.15, 0.2) is 42.5 Å². The molecule has 0 aliphatic heterocycles. The molecule has 0 saturated carbocycles.